The lowest BCUT2D eigenvalue weighted by atomic mass is 10.0. The van der Waals surface area contributed by atoms with Crippen molar-refractivity contribution in [3.05, 3.63) is 96.1 Å². The van der Waals surface area contributed by atoms with E-state index in [-0.39, 0.29) is 0 Å². The number of aromatic nitrogens is 2. The van der Waals surface area contributed by atoms with Gasteiger partial charge in [-0.15, -0.1) is 0 Å². The van der Waals surface area contributed by atoms with Crippen LogP contribution in [0, 0.1) is 0 Å². The first-order chi connectivity index (χ1) is 14.7. The molecule has 4 nitrogen and oxygen atoms in total. The van der Waals surface area contributed by atoms with Crippen molar-refractivity contribution in [1.29, 1.82) is 0 Å². The molecule has 0 aliphatic rings. The normalized spacial score (nSPS) is 13.0. The summed E-state index contributed by atoms with van der Waals surface area (Å²) >= 11 is 0. The molecule has 152 valence electrons. The van der Waals surface area contributed by atoms with Gasteiger partial charge < -0.3 is 10.6 Å². The van der Waals surface area contributed by atoms with Crippen molar-refractivity contribution in [3.63, 3.8) is 0 Å². The van der Waals surface area contributed by atoms with Crippen LogP contribution in [-0.4, -0.2) is 23.1 Å². The fourth-order valence-electron chi connectivity index (χ4n) is 3.58. The first-order valence-electron chi connectivity index (χ1n) is 10.5. The van der Waals surface area contributed by atoms with Gasteiger partial charge in [0.1, 0.15) is 5.82 Å². The lowest BCUT2D eigenvalue weighted by Gasteiger charge is -2.17. The summed E-state index contributed by atoms with van der Waals surface area (Å²) in [5, 5.41) is 8.03. The van der Waals surface area contributed by atoms with E-state index in [1.807, 2.05) is 24.3 Å². The maximum Gasteiger partial charge on any atom is 0.225 e. The zero-order valence-electron chi connectivity index (χ0n) is 17.5. The Morgan fingerprint density at radius 3 is 1.80 bits per heavy atom. The third-order valence-corrected chi connectivity index (χ3v) is 5.48. The smallest absolute Gasteiger partial charge is 0.225 e. The lowest BCUT2D eigenvalue weighted by Crippen LogP contribution is -2.15. The molecule has 4 heteroatoms. The highest BCUT2D eigenvalue weighted by molar-refractivity contribution is 5.90. The van der Waals surface area contributed by atoms with Gasteiger partial charge in [0.15, 0.2) is 0 Å². The summed E-state index contributed by atoms with van der Waals surface area (Å²) in [5.41, 5.74) is 3.57. The fourth-order valence-corrected chi connectivity index (χ4v) is 3.58. The Bertz CT molecular complexity index is 1080. The van der Waals surface area contributed by atoms with Crippen LogP contribution in [0.4, 0.5) is 11.8 Å². The van der Waals surface area contributed by atoms with Crippen LogP contribution in [0.2, 0.25) is 0 Å². The van der Waals surface area contributed by atoms with Crippen molar-refractivity contribution >= 4 is 22.7 Å². The molecule has 0 fully saturated rings. The monoisotopic (exact) mass is 396 g/mol. The van der Waals surface area contributed by atoms with Crippen LogP contribution in [0.5, 0.6) is 0 Å². The van der Waals surface area contributed by atoms with Gasteiger partial charge in [0.2, 0.25) is 5.95 Å². The number of nitrogens with one attached hydrogen (secondary N) is 2. The second kappa shape index (κ2) is 9.40. The number of nitrogens with zero attached hydrogens (tertiary/aromatic N) is 2. The third-order valence-electron chi connectivity index (χ3n) is 5.48. The van der Waals surface area contributed by atoms with Gasteiger partial charge in [-0.3, -0.25) is 0 Å². The van der Waals surface area contributed by atoms with Gasteiger partial charge in [-0.1, -0.05) is 86.6 Å². The molecule has 0 radical (unpaired) electrons. The molecule has 0 bridgehead atoms. The van der Waals surface area contributed by atoms with Gasteiger partial charge in [-0.25, -0.2) is 4.98 Å². The predicted octanol–water partition coefficient (Wildman–Crippen LogP) is 6.06. The molecular weight excluding hydrogens is 368 g/mol. The van der Waals surface area contributed by atoms with Gasteiger partial charge in [-0.05, 0) is 35.1 Å². The van der Waals surface area contributed by atoms with Crippen LogP contribution >= 0.6 is 0 Å². The number of para-hydroxylation sites is 1. The molecule has 2 unspecified atom stereocenters. The zero-order valence-corrected chi connectivity index (χ0v) is 17.5. The Labute approximate surface area is 178 Å². The average Bonchev–Trinajstić information content (AvgIpc) is 2.81. The van der Waals surface area contributed by atoms with Crippen molar-refractivity contribution in [1.82, 2.24) is 9.97 Å². The standard InChI is InChI=1S/C26H28N4/c1-19(21-11-5-3-6-12-21)17-27-25-23-15-9-10-16-24(23)29-26(30-25)28-18-20(2)22-13-7-4-8-14-22/h3-16,19-20H,17-18H2,1-2H3,(H2,27,28,29,30). The first-order valence-corrected chi connectivity index (χ1v) is 10.5. The van der Waals surface area contributed by atoms with E-state index < -0.39 is 0 Å². The van der Waals surface area contributed by atoms with Crippen molar-refractivity contribution in [2.24, 2.45) is 0 Å². The molecule has 2 atom stereocenters. The predicted molar refractivity (Wildman–Crippen MR) is 126 cm³/mol. The SMILES string of the molecule is CC(CNc1nc(NCC(C)c2ccccc2)c2ccccc2n1)c1ccccc1. The van der Waals surface area contributed by atoms with E-state index in [0.29, 0.717) is 17.8 Å². The van der Waals surface area contributed by atoms with Gasteiger partial charge >= 0.3 is 0 Å². The maximum atomic E-state index is 4.80. The number of hydrogen-bond acceptors (Lipinski definition) is 4. The summed E-state index contributed by atoms with van der Waals surface area (Å²) in [7, 11) is 0. The fraction of sp³-hybridized carbons (Fsp3) is 0.231. The van der Waals surface area contributed by atoms with E-state index in [1.54, 1.807) is 0 Å². The second-order valence-corrected chi connectivity index (χ2v) is 7.80. The van der Waals surface area contributed by atoms with Crippen LogP contribution in [0.25, 0.3) is 10.9 Å². The molecule has 0 saturated heterocycles. The molecular formula is C26H28N4. The molecule has 0 spiro atoms. The van der Waals surface area contributed by atoms with Crippen molar-refractivity contribution < 1.29 is 0 Å². The minimum atomic E-state index is 0.371. The molecule has 30 heavy (non-hydrogen) atoms. The van der Waals surface area contributed by atoms with Crippen LogP contribution in [0.15, 0.2) is 84.9 Å². The average molecular weight is 397 g/mol. The highest BCUT2D eigenvalue weighted by atomic mass is 15.1. The Balaban J connectivity index is 1.50. The molecule has 0 saturated carbocycles. The highest BCUT2D eigenvalue weighted by Gasteiger charge is 2.11. The summed E-state index contributed by atoms with van der Waals surface area (Å²) in [6.45, 7) is 6.03. The van der Waals surface area contributed by atoms with E-state index in [1.165, 1.54) is 11.1 Å². The quantitative estimate of drug-likeness (QED) is 0.380. The van der Waals surface area contributed by atoms with E-state index in [2.05, 4.69) is 85.1 Å². The molecule has 4 aromatic rings. The molecule has 0 amide bonds. The molecule has 0 aliphatic heterocycles. The van der Waals surface area contributed by atoms with Crippen LogP contribution < -0.4 is 10.6 Å². The van der Waals surface area contributed by atoms with E-state index in [9.17, 15) is 0 Å². The second-order valence-electron chi connectivity index (χ2n) is 7.80. The molecule has 1 aromatic heterocycles. The topological polar surface area (TPSA) is 49.8 Å². The summed E-state index contributed by atoms with van der Waals surface area (Å²) in [6.07, 6.45) is 0. The van der Waals surface area contributed by atoms with E-state index in [0.717, 1.165) is 29.8 Å². The van der Waals surface area contributed by atoms with Crippen LogP contribution in [0.3, 0.4) is 0 Å². The summed E-state index contributed by atoms with van der Waals surface area (Å²) < 4.78 is 0. The number of benzene rings is 3. The number of fused-ring (bicyclic) bond motifs is 1. The minimum Gasteiger partial charge on any atom is -0.369 e. The van der Waals surface area contributed by atoms with Gasteiger partial charge in [0.25, 0.3) is 0 Å². The number of anilines is 2. The summed E-state index contributed by atoms with van der Waals surface area (Å²) in [4.78, 5) is 9.52. The molecule has 2 N–H and O–H groups in total. The maximum absolute atomic E-state index is 4.80. The summed E-state index contributed by atoms with van der Waals surface area (Å²) in [6, 6.07) is 29.2. The van der Waals surface area contributed by atoms with Crippen molar-refractivity contribution in [2.45, 2.75) is 25.7 Å². The van der Waals surface area contributed by atoms with E-state index in [4.69, 9.17) is 9.97 Å². The Morgan fingerprint density at radius 2 is 1.17 bits per heavy atom. The van der Waals surface area contributed by atoms with E-state index >= 15 is 0 Å². The van der Waals surface area contributed by atoms with Crippen LogP contribution in [-0.2, 0) is 0 Å². The number of hydrogen-bond donors (Lipinski definition) is 2. The van der Waals surface area contributed by atoms with Crippen molar-refractivity contribution in [2.75, 3.05) is 23.7 Å². The first kappa shape index (κ1) is 19.9. The van der Waals surface area contributed by atoms with Crippen molar-refractivity contribution in [3.8, 4) is 0 Å². The Hall–Kier alpha value is -3.40. The molecule has 4 rings (SSSR count). The zero-order chi connectivity index (χ0) is 20.8. The van der Waals surface area contributed by atoms with Gasteiger partial charge in [-0.2, -0.15) is 4.98 Å². The lowest BCUT2D eigenvalue weighted by molar-refractivity contribution is 0.793. The molecule has 0 aliphatic carbocycles. The molecule has 1 heterocycles. The minimum absolute atomic E-state index is 0.371. The Kier molecular flexibility index (Phi) is 6.23. The number of rotatable bonds is 8. The largest absolute Gasteiger partial charge is 0.369 e. The van der Waals surface area contributed by atoms with Gasteiger partial charge in [0.05, 0.1) is 5.52 Å². The van der Waals surface area contributed by atoms with Crippen LogP contribution in [0.1, 0.15) is 36.8 Å². The van der Waals surface area contributed by atoms with Gasteiger partial charge in [0, 0.05) is 18.5 Å². The third kappa shape index (κ3) is 4.77. The summed E-state index contributed by atoms with van der Waals surface area (Å²) in [5.74, 6) is 2.29. The highest BCUT2D eigenvalue weighted by Crippen LogP contribution is 2.24. The Morgan fingerprint density at radius 1 is 0.633 bits per heavy atom. The molecule has 3 aromatic carbocycles.